The van der Waals surface area contributed by atoms with Crippen LogP contribution in [0.5, 0.6) is 0 Å². The van der Waals surface area contributed by atoms with E-state index in [0.29, 0.717) is 22.3 Å². The summed E-state index contributed by atoms with van der Waals surface area (Å²) in [7, 11) is 0. The average Bonchev–Trinajstić information content (AvgIpc) is 3.05. The Morgan fingerprint density at radius 3 is 2.71 bits per heavy atom. The van der Waals surface area contributed by atoms with Gasteiger partial charge in [0.25, 0.3) is 5.91 Å². The minimum absolute atomic E-state index is 0.0286. The lowest BCUT2D eigenvalue weighted by molar-refractivity contribution is -0.146. The number of carbonyl (C=O) groups is 2. The predicted octanol–water partition coefficient (Wildman–Crippen LogP) is 2.55. The van der Waals surface area contributed by atoms with E-state index < -0.39 is 18.5 Å². The lowest BCUT2D eigenvalue weighted by atomic mass is 10.1. The maximum atomic E-state index is 12.8. The van der Waals surface area contributed by atoms with Crippen LogP contribution in [0.3, 0.4) is 0 Å². The molecule has 0 fully saturated rings. The van der Waals surface area contributed by atoms with Gasteiger partial charge in [-0.15, -0.1) is 0 Å². The molecule has 1 aromatic heterocycles. The van der Waals surface area contributed by atoms with Gasteiger partial charge in [0, 0.05) is 0 Å². The second-order valence-corrected chi connectivity index (χ2v) is 5.48. The van der Waals surface area contributed by atoms with Crippen molar-refractivity contribution >= 4 is 40.3 Å². The molecule has 0 aliphatic rings. The average molecular weight is 345 g/mol. The fourth-order valence-electron chi connectivity index (χ4n) is 2.06. The first kappa shape index (κ1) is 16.0. The second-order valence-electron chi connectivity index (χ2n) is 4.95. The fourth-order valence-corrected chi connectivity index (χ4v) is 2.61. The summed E-state index contributed by atoms with van der Waals surface area (Å²) in [5.41, 5.74) is 2.40. The molecule has 122 valence electrons. The number of halogens is 1. The summed E-state index contributed by atoms with van der Waals surface area (Å²) in [5.74, 6) is -1.41. The van der Waals surface area contributed by atoms with E-state index in [0.717, 1.165) is 11.7 Å². The molecular formula is C16H12FN3O3S. The third-order valence-corrected chi connectivity index (χ3v) is 3.73. The van der Waals surface area contributed by atoms with Crippen LogP contribution in [0.4, 0.5) is 10.1 Å². The van der Waals surface area contributed by atoms with E-state index in [1.165, 1.54) is 24.3 Å². The molecule has 0 saturated heterocycles. The summed E-state index contributed by atoms with van der Waals surface area (Å²) in [6.07, 6.45) is -0.0286. The highest BCUT2D eigenvalue weighted by molar-refractivity contribution is 7.00. The highest BCUT2D eigenvalue weighted by atomic mass is 32.1. The van der Waals surface area contributed by atoms with Crippen molar-refractivity contribution in [2.24, 2.45) is 0 Å². The van der Waals surface area contributed by atoms with Crippen molar-refractivity contribution in [1.29, 1.82) is 0 Å². The molecule has 0 saturated carbocycles. The van der Waals surface area contributed by atoms with Crippen LogP contribution in [0.15, 0.2) is 42.5 Å². The molecule has 8 heteroatoms. The number of nitrogens with zero attached hydrogens (tertiary/aromatic N) is 2. The second kappa shape index (κ2) is 7.14. The first-order valence-corrected chi connectivity index (χ1v) is 7.76. The van der Waals surface area contributed by atoms with E-state index in [1.807, 2.05) is 0 Å². The number of ether oxygens (including phenoxy) is 1. The zero-order valence-corrected chi connectivity index (χ0v) is 13.2. The van der Waals surface area contributed by atoms with E-state index in [9.17, 15) is 14.0 Å². The monoisotopic (exact) mass is 345 g/mol. The first-order chi connectivity index (χ1) is 11.6. The molecule has 0 unspecified atom stereocenters. The van der Waals surface area contributed by atoms with Gasteiger partial charge in [0.2, 0.25) is 0 Å². The molecule has 24 heavy (non-hydrogen) atoms. The number of amides is 1. The van der Waals surface area contributed by atoms with Crippen LogP contribution in [-0.2, 0) is 20.7 Å². The molecule has 0 aliphatic heterocycles. The Balaban J connectivity index is 1.53. The van der Waals surface area contributed by atoms with Gasteiger partial charge in [0.1, 0.15) is 16.9 Å². The van der Waals surface area contributed by atoms with Crippen LogP contribution in [0.25, 0.3) is 11.0 Å². The quantitative estimate of drug-likeness (QED) is 0.719. The van der Waals surface area contributed by atoms with Gasteiger partial charge < -0.3 is 10.1 Å². The third kappa shape index (κ3) is 3.90. The first-order valence-electron chi connectivity index (χ1n) is 7.03. The van der Waals surface area contributed by atoms with Crippen molar-refractivity contribution in [1.82, 2.24) is 8.75 Å². The lowest BCUT2D eigenvalue weighted by Gasteiger charge is -2.07. The van der Waals surface area contributed by atoms with Crippen molar-refractivity contribution in [3.05, 3.63) is 53.8 Å². The van der Waals surface area contributed by atoms with E-state index in [-0.39, 0.29) is 12.2 Å². The number of carbonyl (C=O) groups excluding carboxylic acids is 2. The molecule has 1 heterocycles. The van der Waals surface area contributed by atoms with Gasteiger partial charge in [-0.2, -0.15) is 8.75 Å². The van der Waals surface area contributed by atoms with E-state index >= 15 is 0 Å². The topological polar surface area (TPSA) is 81.2 Å². The van der Waals surface area contributed by atoms with Crippen molar-refractivity contribution < 1.29 is 18.7 Å². The SMILES string of the molecule is O=C(COC(=O)Cc1ccc(F)cc1)Nc1cccc2nsnc12. The number of esters is 1. The Bertz CT molecular complexity index is 880. The van der Waals surface area contributed by atoms with Gasteiger partial charge >= 0.3 is 5.97 Å². The molecule has 2 aromatic carbocycles. The number of hydrogen-bond donors (Lipinski definition) is 1. The molecule has 0 spiro atoms. The van der Waals surface area contributed by atoms with Gasteiger partial charge in [-0.1, -0.05) is 18.2 Å². The van der Waals surface area contributed by atoms with Crippen molar-refractivity contribution in [2.75, 3.05) is 11.9 Å². The van der Waals surface area contributed by atoms with Crippen molar-refractivity contribution in [2.45, 2.75) is 6.42 Å². The Morgan fingerprint density at radius 1 is 1.12 bits per heavy atom. The summed E-state index contributed by atoms with van der Waals surface area (Å²) in [6.45, 7) is -0.409. The molecule has 1 N–H and O–H groups in total. The summed E-state index contributed by atoms with van der Waals surface area (Å²) in [6, 6.07) is 10.7. The van der Waals surface area contributed by atoms with Gasteiger partial charge in [0.15, 0.2) is 6.61 Å². The number of hydrogen-bond acceptors (Lipinski definition) is 6. The Hall–Kier alpha value is -2.87. The minimum Gasteiger partial charge on any atom is -0.455 e. The zero-order valence-electron chi connectivity index (χ0n) is 12.4. The molecule has 0 bridgehead atoms. The number of benzene rings is 2. The van der Waals surface area contributed by atoms with Crippen LogP contribution in [-0.4, -0.2) is 27.2 Å². The maximum absolute atomic E-state index is 12.8. The largest absolute Gasteiger partial charge is 0.455 e. The van der Waals surface area contributed by atoms with Crippen molar-refractivity contribution in [3.63, 3.8) is 0 Å². The van der Waals surface area contributed by atoms with Crippen LogP contribution in [0.2, 0.25) is 0 Å². The number of nitrogens with one attached hydrogen (secondary N) is 1. The highest BCUT2D eigenvalue weighted by Crippen LogP contribution is 2.20. The molecule has 0 aliphatic carbocycles. The van der Waals surface area contributed by atoms with E-state index in [2.05, 4.69) is 14.1 Å². The summed E-state index contributed by atoms with van der Waals surface area (Å²) in [5, 5.41) is 2.64. The standard InChI is InChI=1S/C16H12FN3O3S/c17-11-6-4-10(5-7-11)8-15(22)23-9-14(21)18-12-2-1-3-13-16(12)20-24-19-13/h1-7H,8-9H2,(H,18,21). The van der Waals surface area contributed by atoms with Gasteiger partial charge in [-0.3, -0.25) is 9.59 Å². The number of fused-ring (bicyclic) bond motifs is 1. The smallest absolute Gasteiger partial charge is 0.310 e. The Labute approximate surface area is 140 Å². The number of rotatable bonds is 5. The molecule has 6 nitrogen and oxygen atoms in total. The van der Waals surface area contributed by atoms with Gasteiger partial charge in [-0.25, -0.2) is 4.39 Å². The number of aromatic nitrogens is 2. The third-order valence-electron chi connectivity index (χ3n) is 3.19. The Kier molecular flexibility index (Phi) is 4.76. The summed E-state index contributed by atoms with van der Waals surface area (Å²) >= 11 is 1.05. The molecule has 3 rings (SSSR count). The number of anilines is 1. The summed E-state index contributed by atoms with van der Waals surface area (Å²) < 4.78 is 25.9. The van der Waals surface area contributed by atoms with Crippen molar-refractivity contribution in [3.8, 4) is 0 Å². The maximum Gasteiger partial charge on any atom is 0.310 e. The highest BCUT2D eigenvalue weighted by Gasteiger charge is 2.11. The minimum atomic E-state index is -0.565. The van der Waals surface area contributed by atoms with Crippen LogP contribution < -0.4 is 5.32 Å². The van der Waals surface area contributed by atoms with Gasteiger partial charge in [0.05, 0.1) is 23.8 Å². The van der Waals surface area contributed by atoms with E-state index in [1.54, 1.807) is 18.2 Å². The molecule has 3 aromatic rings. The summed E-state index contributed by atoms with van der Waals surface area (Å²) in [4.78, 5) is 23.6. The molecule has 0 atom stereocenters. The molecular weight excluding hydrogens is 333 g/mol. The lowest BCUT2D eigenvalue weighted by Crippen LogP contribution is -2.21. The van der Waals surface area contributed by atoms with E-state index in [4.69, 9.17) is 4.74 Å². The fraction of sp³-hybridized carbons (Fsp3) is 0.125. The van der Waals surface area contributed by atoms with Crippen LogP contribution in [0.1, 0.15) is 5.56 Å². The van der Waals surface area contributed by atoms with Gasteiger partial charge in [-0.05, 0) is 29.8 Å². The predicted molar refractivity (Wildman–Crippen MR) is 87.1 cm³/mol. The Morgan fingerprint density at radius 2 is 1.92 bits per heavy atom. The zero-order chi connectivity index (χ0) is 16.9. The molecule has 0 radical (unpaired) electrons. The van der Waals surface area contributed by atoms with Crippen LogP contribution >= 0.6 is 11.7 Å². The normalized spacial score (nSPS) is 10.5. The molecule has 1 amide bonds. The van der Waals surface area contributed by atoms with Crippen LogP contribution in [0, 0.1) is 5.82 Å².